The van der Waals surface area contributed by atoms with Crippen molar-refractivity contribution in [2.45, 2.75) is 19.4 Å². The number of nitrogens with one attached hydrogen (secondary N) is 1. The van der Waals surface area contributed by atoms with Gasteiger partial charge in [0.2, 0.25) is 0 Å². The highest BCUT2D eigenvalue weighted by atomic mass is 16.2. The number of para-hydroxylation sites is 1. The van der Waals surface area contributed by atoms with Gasteiger partial charge in [-0.15, -0.1) is 0 Å². The van der Waals surface area contributed by atoms with Gasteiger partial charge in [0.25, 0.3) is 5.91 Å². The molecule has 0 bridgehead atoms. The first-order valence-electron chi connectivity index (χ1n) is 5.61. The van der Waals surface area contributed by atoms with Crippen molar-refractivity contribution in [1.29, 1.82) is 0 Å². The molecule has 0 fully saturated rings. The Morgan fingerprint density at radius 1 is 1.47 bits per heavy atom. The van der Waals surface area contributed by atoms with Gasteiger partial charge in [-0.3, -0.25) is 4.79 Å². The number of amides is 3. The quantitative estimate of drug-likeness (QED) is 0.821. The Morgan fingerprint density at radius 2 is 2.18 bits per heavy atom. The van der Waals surface area contributed by atoms with Crippen LogP contribution in [0.4, 0.5) is 10.5 Å². The van der Waals surface area contributed by atoms with Crippen LogP contribution in [0.1, 0.15) is 24.9 Å². The van der Waals surface area contributed by atoms with E-state index in [1.807, 2.05) is 31.2 Å². The molecule has 0 saturated carbocycles. The van der Waals surface area contributed by atoms with Crippen molar-refractivity contribution in [1.82, 2.24) is 5.32 Å². The van der Waals surface area contributed by atoms with E-state index >= 15 is 0 Å². The lowest BCUT2D eigenvalue weighted by Crippen LogP contribution is -2.40. The highest BCUT2D eigenvalue weighted by Gasteiger charge is 2.36. The van der Waals surface area contributed by atoms with Gasteiger partial charge in [-0.1, -0.05) is 25.1 Å². The number of nitrogens with zero attached hydrogens (tertiary/aromatic N) is 1. The number of carbonyl (C=O) groups is 2. The van der Waals surface area contributed by atoms with Crippen molar-refractivity contribution in [3.05, 3.63) is 29.8 Å². The first-order chi connectivity index (χ1) is 8.15. The molecular weight excluding hydrogens is 218 g/mol. The van der Waals surface area contributed by atoms with Gasteiger partial charge in [-0.25, -0.2) is 4.79 Å². The van der Waals surface area contributed by atoms with Crippen LogP contribution in [0.5, 0.6) is 0 Å². The van der Waals surface area contributed by atoms with Crippen LogP contribution >= 0.6 is 0 Å². The Bertz CT molecular complexity index is 459. The highest BCUT2D eigenvalue weighted by molar-refractivity contribution is 6.06. The Morgan fingerprint density at radius 3 is 2.82 bits per heavy atom. The van der Waals surface area contributed by atoms with Gasteiger partial charge in [0.05, 0.1) is 0 Å². The predicted octanol–water partition coefficient (Wildman–Crippen LogP) is 1.15. The number of nitrogens with two attached hydrogens (primary N) is 1. The number of primary amides is 1. The fourth-order valence-electron chi connectivity index (χ4n) is 2.12. The molecular formula is C12H15N3O2. The average Bonchev–Trinajstić information content (AvgIpc) is 2.55. The summed E-state index contributed by atoms with van der Waals surface area (Å²) in [6, 6.07) is 6.11. The summed E-state index contributed by atoms with van der Waals surface area (Å²) in [5, 5.41) is 2.48. The highest BCUT2D eigenvalue weighted by Crippen LogP contribution is 2.35. The van der Waals surface area contributed by atoms with Gasteiger partial charge in [0.1, 0.15) is 6.04 Å². The number of rotatable bonds is 3. The third kappa shape index (κ3) is 1.95. The summed E-state index contributed by atoms with van der Waals surface area (Å²) in [7, 11) is 0. The molecule has 1 aliphatic heterocycles. The molecule has 5 heteroatoms. The van der Waals surface area contributed by atoms with Crippen LogP contribution in [0.2, 0.25) is 0 Å². The van der Waals surface area contributed by atoms with Crippen molar-refractivity contribution in [2.24, 2.45) is 5.73 Å². The van der Waals surface area contributed by atoms with Gasteiger partial charge in [0, 0.05) is 17.8 Å². The van der Waals surface area contributed by atoms with Crippen molar-refractivity contribution in [3.8, 4) is 0 Å². The number of anilines is 1. The van der Waals surface area contributed by atoms with E-state index in [4.69, 9.17) is 5.73 Å². The largest absolute Gasteiger partial charge is 0.352 e. The van der Waals surface area contributed by atoms with Crippen LogP contribution in [0.15, 0.2) is 24.3 Å². The second-order valence-corrected chi connectivity index (χ2v) is 3.99. The summed E-state index contributed by atoms with van der Waals surface area (Å²) in [6.07, 6.45) is 0.864. The first-order valence-corrected chi connectivity index (χ1v) is 5.61. The topological polar surface area (TPSA) is 75.4 Å². The molecule has 1 aromatic carbocycles. The number of carbonyl (C=O) groups excluding carboxylic acids is 2. The molecule has 0 aromatic heterocycles. The lowest BCUT2D eigenvalue weighted by molar-refractivity contribution is -0.119. The van der Waals surface area contributed by atoms with Gasteiger partial charge in [-0.05, 0) is 12.5 Å². The molecule has 17 heavy (non-hydrogen) atoms. The van der Waals surface area contributed by atoms with E-state index in [0.717, 1.165) is 17.7 Å². The monoisotopic (exact) mass is 233 g/mol. The van der Waals surface area contributed by atoms with Gasteiger partial charge in [-0.2, -0.15) is 0 Å². The molecule has 0 aliphatic carbocycles. The van der Waals surface area contributed by atoms with Crippen molar-refractivity contribution < 1.29 is 9.59 Å². The molecule has 2 rings (SSSR count). The van der Waals surface area contributed by atoms with E-state index in [1.54, 1.807) is 4.90 Å². The first kappa shape index (κ1) is 11.4. The number of urea groups is 1. The zero-order valence-corrected chi connectivity index (χ0v) is 9.64. The smallest absolute Gasteiger partial charge is 0.313 e. The van der Waals surface area contributed by atoms with Crippen LogP contribution in [-0.2, 0) is 4.79 Å². The van der Waals surface area contributed by atoms with Gasteiger partial charge < -0.3 is 16.0 Å². The van der Waals surface area contributed by atoms with E-state index in [9.17, 15) is 9.59 Å². The van der Waals surface area contributed by atoms with Crippen LogP contribution in [-0.4, -0.2) is 18.5 Å². The minimum absolute atomic E-state index is 0.119. The third-order valence-corrected chi connectivity index (χ3v) is 2.79. The molecule has 5 nitrogen and oxygen atoms in total. The molecule has 1 aromatic rings. The van der Waals surface area contributed by atoms with E-state index in [-0.39, 0.29) is 5.91 Å². The summed E-state index contributed by atoms with van der Waals surface area (Å²) >= 11 is 0. The van der Waals surface area contributed by atoms with Crippen molar-refractivity contribution in [2.75, 3.05) is 11.4 Å². The second kappa shape index (κ2) is 4.45. The molecule has 0 spiro atoms. The molecule has 90 valence electrons. The minimum Gasteiger partial charge on any atom is -0.352 e. The molecule has 1 heterocycles. The summed E-state index contributed by atoms with van der Waals surface area (Å²) < 4.78 is 0. The number of hydrogen-bond acceptors (Lipinski definition) is 2. The standard InChI is InChI=1S/C12H15N3O2/c1-2-7-15-9-6-4-3-5-8(9)10(11(15)16)14-12(13)17/h3-6,10H,2,7H2,1H3,(H3,13,14,17). The molecule has 1 atom stereocenters. The molecule has 0 radical (unpaired) electrons. The summed E-state index contributed by atoms with van der Waals surface area (Å²) in [5.41, 5.74) is 6.76. The maximum absolute atomic E-state index is 12.1. The minimum atomic E-state index is -0.684. The lowest BCUT2D eigenvalue weighted by atomic mass is 10.1. The molecule has 1 unspecified atom stereocenters. The van der Waals surface area contributed by atoms with Crippen LogP contribution in [0.25, 0.3) is 0 Å². The SMILES string of the molecule is CCCN1C(=O)C(NC(N)=O)c2ccccc21. The summed E-state index contributed by atoms with van der Waals surface area (Å²) in [5.74, 6) is -0.119. The van der Waals surface area contributed by atoms with Crippen LogP contribution < -0.4 is 16.0 Å². The van der Waals surface area contributed by atoms with Crippen molar-refractivity contribution in [3.63, 3.8) is 0 Å². The van der Waals surface area contributed by atoms with Gasteiger partial charge in [0.15, 0.2) is 0 Å². The van der Waals surface area contributed by atoms with Crippen LogP contribution in [0, 0.1) is 0 Å². The van der Waals surface area contributed by atoms with Crippen molar-refractivity contribution >= 4 is 17.6 Å². The normalized spacial score (nSPS) is 18.1. The number of benzene rings is 1. The Hall–Kier alpha value is -2.04. The molecule has 3 N–H and O–H groups in total. The zero-order chi connectivity index (χ0) is 12.4. The average molecular weight is 233 g/mol. The Balaban J connectivity index is 2.37. The van der Waals surface area contributed by atoms with E-state index in [1.165, 1.54) is 0 Å². The molecule has 0 saturated heterocycles. The second-order valence-electron chi connectivity index (χ2n) is 3.99. The maximum atomic E-state index is 12.1. The fourth-order valence-corrected chi connectivity index (χ4v) is 2.12. The lowest BCUT2D eigenvalue weighted by Gasteiger charge is -2.16. The third-order valence-electron chi connectivity index (χ3n) is 2.79. The fraction of sp³-hybridized carbons (Fsp3) is 0.333. The Labute approximate surface area is 99.6 Å². The number of hydrogen-bond donors (Lipinski definition) is 2. The van der Waals surface area contributed by atoms with E-state index < -0.39 is 12.1 Å². The molecule has 3 amide bonds. The van der Waals surface area contributed by atoms with Gasteiger partial charge >= 0.3 is 6.03 Å². The molecule has 1 aliphatic rings. The maximum Gasteiger partial charge on any atom is 0.313 e. The van der Waals surface area contributed by atoms with E-state index in [2.05, 4.69) is 5.32 Å². The van der Waals surface area contributed by atoms with Crippen LogP contribution in [0.3, 0.4) is 0 Å². The Kier molecular flexibility index (Phi) is 2.99. The van der Waals surface area contributed by atoms with E-state index in [0.29, 0.717) is 6.54 Å². The zero-order valence-electron chi connectivity index (χ0n) is 9.64. The number of fused-ring (bicyclic) bond motifs is 1. The summed E-state index contributed by atoms with van der Waals surface area (Å²) in [4.78, 5) is 24.7. The summed E-state index contributed by atoms with van der Waals surface area (Å²) in [6.45, 7) is 2.65. The predicted molar refractivity (Wildman–Crippen MR) is 64.5 cm³/mol.